The first-order valence-corrected chi connectivity index (χ1v) is 10.8. The van der Waals surface area contributed by atoms with Gasteiger partial charge in [-0.2, -0.15) is 0 Å². The number of hydrogen-bond donors (Lipinski definition) is 1. The van der Waals surface area contributed by atoms with Crippen LogP contribution in [0.25, 0.3) is 0 Å². The maximum absolute atomic E-state index is 13.8. The summed E-state index contributed by atoms with van der Waals surface area (Å²) in [5, 5.41) is 10.8. The van der Waals surface area contributed by atoms with Gasteiger partial charge in [0.1, 0.15) is 0 Å². The third-order valence-corrected chi connectivity index (χ3v) is 7.81. The number of benzene rings is 3. The first kappa shape index (κ1) is 18.0. The molecule has 0 unspecified atom stereocenters. The molecule has 3 aromatic carbocycles. The number of aliphatic hydroxyl groups is 1. The number of para-hydroxylation sites is 1. The maximum atomic E-state index is 13.8. The van der Waals surface area contributed by atoms with Gasteiger partial charge in [0, 0.05) is 10.4 Å². The highest BCUT2D eigenvalue weighted by atomic mass is 79.9. The number of hydrogen-bond acceptors (Lipinski definition) is 3. The van der Waals surface area contributed by atoms with Gasteiger partial charge >= 0.3 is 0 Å². The van der Waals surface area contributed by atoms with Crippen LogP contribution in [0.5, 0.6) is 0 Å². The summed E-state index contributed by atoms with van der Waals surface area (Å²) < 4.78 is 0.700. The average molecular weight is 460 g/mol. The van der Waals surface area contributed by atoms with E-state index < -0.39 is 17.3 Å². The summed E-state index contributed by atoms with van der Waals surface area (Å²) in [5.41, 5.74) is 3.65. The molecule has 2 bridgehead atoms. The molecule has 1 saturated heterocycles. The molecular weight excluding hydrogens is 442 g/mol. The molecule has 1 N–H and O–H groups in total. The summed E-state index contributed by atoms with van der Waals surface area (Å²) in [6, 6.07) is 23.2. The highest BCUT2D eigenvalue weighted by Crippen LogP contribution is 2.64. The van der Waals surface area contributed by atoms with E-state index >= 15 is 0 Å². The first-order valence-electron chi connectivity index (χ1n) is 10.0. The van der Waals surface area contributed by atoms with Crippen LogP contribution in [0.15, 0.2) is 77.3 Å². The molecule has 148 valence electrons. The Balaban J connectivity index is 1.66. The maximum Gasteiger partial charge on any atom is 0.239 e. The summed E-state index contributed by atoms with van der Waals surface area (Å²) in [4.78, 5) is 29.0. The Kier molecular flexibility index (Phi) is 3.68. The molecule has 5 heteroatoms. The van der Waals surface area contributed by atoms with Gasteiger partial charge < -0.3 is 5.11 Å². The second-order valence-corrected chi connectivity index (χ2v) is 9.10. The molecule has 2 amide bonds. The third kappa shape index (κ3) is 1.95. The lowest BCUT2D eigenvalue weighted by Crippen LogP contribution is -2.55. The van der Waals surface area contributed by atoms with Crippen LogP contribution in [0.3, 0.4) is 0 Å². The quantitative estimate of drug-likeness (QED) is 0.589. The fraction of sp³-hybridized carbons (Fsp3) is 0.200. The number of carbonyl (C=O) groups excluding carboxylic acids is 2. The predicted molar refractivity (Wildman–Crippen MR) is 116 cm³/mol. The smallest absolute Gasteiger partial charge is 0.239 e. The van der Waals surface area contributed by atoms with Gasteiger partial charge in [0.15, 0.2) is 0 Å². The number of halogens is 1. The normalized spacial score (nSPS) is 28.3. The molecule has 4 nitrogen and oxygen atoms in total. The van der Waals surface area contributed by atoms with Crippen LogP contribution in [0.1, 0.15) is 28.2 Å². The number of nitrogens with zero attached hydrogens (tertiary/aromatic N) is 1. The standard InChI is InChI=1S/C25H18BrNO3/c26-18-11-5-6-12-19(18)27-23(29)21-20-14-7-1-3-9-16(14)25(13-28,22(21)24(27)30)17-10-4-2-8-15(17)20/h1-12,20-22,28H,13H2/t20?,21-,22+,25?/m1/s1. The number of rotatable bonds is 2. The molecule has 2 atom stereocenters. The van der Waals surface area contributed by atoms with E-state index in [1.807, 2.05) is 66.7 Å². The number of carbonyl (C=O) groups is 2. The van der Waals surface area contributed by atoms with Gasteiger partial charge in [-0.1, -0.05) is 60.7 Å². The molecule has 0 aromatic heterocycles. The SMILES string of the molecule is O=C1[C@@H]2C3c4ccccc4C(CO)(c4ccccc43)[C@@H]2C(=O)N1c1ccccc1Br. The van der Waals surface area contributed by atoms with Gasteiger partial charge in [-0.15, -0.1) is 0 Å². The third-order valence-electron chi connectivity index (χ3n) is 7.14. The van der Waals surface area contributed by atoms with E-state index in [0.29, 0.717) is 10.2 Å². The van der Waals surface area contributed by atoms with Crippen molar-refractivity contribution in [2.45, 2.75) is 11.3 Å². The lowest BCUT2D eigenvalue weighted by atomic mass is 9.47. The molecule has 0 spiro atoms. The van der Waals surface area contributed by atoms with E-state index in [4.69, 9.17) is 0 Å². The van der Waals surface area contributed by atoms with Gasteiger partial charge in [0.25, 0.3) is 0 Å². The van der Waals surface area contributed by atoms with Crippen LogP contribution in [0, 0.1) is 11.8 Å². The van der Waals surface area contributed by atoms with Crippen LogP contribution >= 0.6 is 15.9 Å². The molecule has 3 aliphatic carbocycles. The Labute approximate surface area is 182 Å². The Morgan fingerprint density at radius 1 is 0.833 bits per heavy atom. The van der Waals surface area contributed by atoms with Crippen molar-refractivity contribution in [1.82, 2.24) is 0 Å². The van der Waals surface area contributed by atoms with Crippen molar-refractivity contribution in [2.24, 2.45) is 11.8 Å². The minimum Gasteiger partial charge on any atom is -0.395 e. The molecule has 1 fully saturated rings. The van der Waals surface area contributed by atoms with E-state index in [1.165, 1.54) is 4.90 Å². The van der Waals surface area contributed by atoms with E-state index in [2.05, 4.69) is 15.9 Å². The zero-order valence-electron chi connectivity index (χ0n) is 16.0. The van der Waals surface area contributed by atoms with Crippen LogP contribution in [0.2, 0.25) is 0 Å². The van der Waals surface area contributed by atoms with Crippen molar-refractivity contribution < 1.29 is 14.7 Å². The Morgan fingerprint density at radius 3 is 2.00 bits per heavy atom. The molecule has 0 saturated carbocycles. The summed E-state index contributed by atoms with van der Waals surface area (Å²) in [6.07, 6.45) is 0. The van der Waals surface area contributed by atoms with E-state index in [1.54, 1.807) is 6.07 Å². The van der Waals surface area contributed by atoms with Crippen molar-refractivity contribution >= 4 is 33.4 Å². The zero-order chi connectivity index (χ0) is 20.6. The monoisotopic (exact) mass is 459 g/mol. The Bertz CT molecular complexity index is 1190. The fourth-order valence-electron chi connectivity index (χ4n) is 6.07. The van der Waals surface area contributed by atoms with Crippen LogP contribution < -0.4 is 4.90 Å². The molecule has 30 heavy (non-hydrogen) atoms. The largest absolute Gasteiger partial charge is 0.395 e. The summed E-state index contributed by atoms with van der Waals surface area (Å²) >= 11 is 3.50. The highest BCUT2D eigenvalue weighted by molar-refractivity contribution is 9.10. The van der Waals surface area contributed by atoms with Crippen LogP contribution in [-0.4, -0.2) is 23.5 Å². The molecule has 4 aliphatic rings. The minimum atomic E-state index is -0.921. The Morgan fingerprint density at radius 2 is 1.40 bits per heavy atom. The van der Waals surface area contributed by atoms with Gasteiger partial charge in [-0.05, 0) is 50.3 Å². The lowest BCUT2D eigenvalue weighted by molar-refractivity contribution is -0.124. The minimum absolute atomic E-state index is 0.191. The van der Waals surface area contributed by atoms with E-state index in [0.717, 1.165) is 22.3 Å². The van der Waals surface area contributed by atoms with Crippen LogP contribution in [0.4, 0.5) is 5.69 Å². The van der Waals surface area contributed by atoms with E-state index in [9.17, 15) is 14.7 Å². The van der Waals surface area contributed by atoms with Crippen molar-refractivity contribution in [3.63, 3.8) is 0 Å². The molecule has 1 aliphatic heterocycles. The van der Waals surface area contributed by atoms with Crippen LogP contribution in [-0.2, 0) is 15.0 Å². The van der Waals surface area contributed by atoms with Gasteiger partial charge in [-0.25, -0.2) is 4.90 Å². The average Bonchev–Trinajstić information content (AvgIpc) is 3.05. The molecular formula is C25H18BrNO3. The van der Waals surface area contributed by atoms with Gasteiger partial charge in [0.2, 0.25) is 11.8 Å². The molecule has 1 heterocycles. The number of anilines is 1. The first-order chi connectivity index (χ1) is 14.6. The van der Waals surface area contributed by atoms with Gasteiger partial charge in [0.05, 0.1) is 29.5 Å². The highest BCUT2D eigenvalue weighted by Gasteiger charge is 2.68. The van der Waals surface area contributed by atoms with Crippen molar-refractivity contribution in [2.75, 3.05) is 11.5 Å². The topological polar surface area (TPSA) is 57.6 Å². The summed E-state index contributed by atoms with van der Waals surface area (Å²) in [6.45, 7) is -0.224. The van der Waals surface area contributed by atoms with Crippen molar-refractivity contribution in [3.05, 3.63) is 99.5 Å². The lowest BCUT2D eigenvalue weighted by Gasteiger charge is -2.53. The summed E-state index contributed by atoms with van der Waals surface area (Å²) in [5.74, 6) is -1.78. The number of imide groups is 1. The second kappa shape index (κ2) is 6.13. The molecule has 3 aromatic rings. The summed E-state index contributed by atoms with van der Waals surface area (Å²) in [7, 11) is 0. The fourth-order valence-corrected chi connectivity index (χ4v) is 6.53. The van der Waals surface area contributed by atoms with Gasteiger partial charge in [-0.3, -0.25) is 9.59 Å². The van der Waals surface area contributed by atoms with Crippen molar-refractivity contribution in [1.29, 1.82) is 0 Å². The number of aliphatic hydroxyl groups excluding tert-OH is 1. The van der Waals surface area contributed by atoms with E-state index in [-0.39, 0.29) is 24.3 Å². The zero-order valence-corrected chi connectivity index (χ0v) is 17.5. The number of amides is 2. The Hall–Kier alpha value is -2.76. The second-order valence-electron chi connectivity index (χ2n) is 8.25. The molecule has 0 radical (unpaired) electrons. The predicted octanol–water partition coefficient (Wildman–Crippen LogP) is 3.99. The van der Waals surface area contributed by atoms with Crippen molar-refractivity contribution in [3.8, 4) is 0 Å². The molecule has 7 rings (SSSR count).